The van der Waals surface area contributed by atoms with Crippen LogP contribution in [-0.2, 0) is 27.3 Å². The first-order valence-electron chi connectivity index (χ1n) is 19.5. The zero-order valence-corrected chi connectivity index (χ0v) is 34.1. The van der Waals surface area contributed by atoms with Crippen molar-refractivity contribution in [3.63, 3.8) is 0 Å². The van der Waals surface area contributed by atoms with Crippen LogP contribution in [0.4, 0.5) is 9.59 Å². The summed E-state index contributed by atoms with van der Waals surface area (Å²) in [6.45, 7) is 14.6. The van der Waals surface area contributed by atoms with Crippen LogP contribution in [0, 0.1) is 30.1 Å². The molecule has 0 saturated carbocycles. The molecule has 1 aliphatic rings. The number of alkyl carbamates (subject to hydrolysis) is 1. The van der Waals surface area contributed by atoms with E-state index >= 15 is 0 Å². The van der Waals surface area contributed by atoms with Crippen LogP contribution >= 0.6 is 0 Å². The molecule has 3 rings (SSSR count). The van der Waals surface area contributed by atoms with E-state index in [1.807, 2.05) is 90.1 Å². The number of aromatic nitrogens is 1. The van der Waals surface area contributed by atoms with Gasteiger partial charge >= 0.3 is 12.1 Å². The van der Waals surface area contributed by atoms with E-state index in [0.717, 1.165) is 36.2 Å². The second-order valence-corrected chi connectivity index (χ2v) is 15.5. The highest BCUT2D eigenvalue weighted by Crippen LogP contribution is 2.23. The molecule has 1 aliphatic heterocycles. The van der Waals surface area contributed by atoms with Gasteiger partial charge in [-0.05, 0) is 48.8 Å². The fourth-order valence-corrected chi connectivity index (χ4v) is 6.52. The standard InChI is InChI=1S/C42H63N7O6/c1-9-11-12-13-14-18-24-48(46-39(52)37(42(5,6)7)45-40(53)55-8)29-35(50)34(27-32-21-16-15-17-22-32)44-38(51)36(30(3)10-2)49-26-25-47(41(49)54)28-33-23-19-20-31(4)43-33/h15-17,19-23,30,34-37,50H,9-13,24-29H2,1-8H3,(H,44,51)(H,45,53)(H,46,52). The van der Waals surface area contributed by atoms with E-state index in [0.29, 0.717) is 38.9 Å². The molecule has 55 heavy (non-hydrogen) atoms. The molecular weight excluding hydrogens is 699 g/mol. The fourth-order valence-electron chi connectivity index (χ4n) is 6.52. The van der Waals surface area contributed by atoms with Crippen molar-refractivity contribution in [2.24, 2.45) is 11.3 Å². The summed E-state index contributed by atoms with van der Waals surface area (Å²) in [6, 6.07) is 12.5. The van der Waals surface area contributed by atoms with Crippen molar-refractivity contribution in [1.29, 1.82) is 0 Å². The molecular formula is C42H63N7O6. The number of carbonyl (C=O) groups is 4. The summed E-state index contributed by atoms with van der Waals surface area (Å²) in [6.07, 6.45) is 2.80. The maximum absolute atomic E-state index is 14.4. The summed E-state index contributed by atoms with van der Waals surface area (Å²) in [7, 11) is 1.23. The number of hydrogen-bond donors (Lipinski definition) is 4. The minimum absolute atomic E-state index is 0.0871. The number of pyridine rings is 1. The predicted molar refractivity (Wildman–Crippen MR) is 213 cm³/mol. The Morgan fingerprint density at radius 3 is 2.36 bits per heavy atom. The molecule has 5 atom stereocenters. The number of hydrazine groups is 1. The van der Waals surface area contributed by atoms with Gasteiger partial charge in [0, 0.05) is 31.7 Å². The number of unbranched alkanes of at least 4 members (excludes halogenated alkanes) is 3. The number of methoxy groups -OCH3 is 1. The van der Waals surface area contributed by atoms with Gasteiger partial charge in [0.1, 0.15) is 12.1 Å². The fraction of sp³-hybridized carbons (Fsp3) is 0.595. The Bertz CT molecular complexity index is 1600. The molecule has 302 valence electrons. The lowest BCUT2D eigenvalue weighted by Crippen LogP contribution is -2.60. The number of nitrogens with one attached hydrogen (secondary N) is 3. The number of aliphatic hydroxyl groups excluding tert-OH is 1. The molecule has 2 aromatic rings. The van der Waals surface area contributed by atoms with E-state index < -0.39 is 41.6 Å². The van der Waals surface area contributed by atoms with Crippen LogP contribution in [-0.4, -0.2) is 106 Å². The SMILES string of the molecule is CCCCCC#CCN(CC(O)C(Cc1ccccc1)NC(=O)C(C(C)CC)N1CCN(Cc2cccc(C)n2)C1=O)NC(=O)C(NC(=O)OC)C(C)(C)C. The number of aliphatic hydroxyl groups is 1. The van der Waals surface area contributed by atoms with E-state index in [1.165, 1.54) is 12.1 Å². The second-order valence-electron chi connectivity index (χ2n) is 15.5. The molecule has 0 spiro atoms. The quantitative estimate of drug-likeness (QED) is 0.0903. The molecule has 1 aromatic heterocycles. The summed E-state index contributed by atoms with van der Waals surface area (Å²) in [5.41, 5.74) is 4.73. The highest BCUT2D eigenvalue weighted by atomic mass is 16.5. The van der Waals surface area contributed by atoms with E-state index in [-0.39, 0.29) is 30.9 Å². The first kappa shape index (κ1) is 44.7. The van der Waals surface area contributed by atoms with Gasteiger partial charge < -0.3 is 30.3 Å². The van der Waals surface area contributed by atoms with Gasteiger partial charge in [0.2, 0.25) is 5.91 Å². The predicted octanol–water partition coefficient (Wildman–Crippen LogP) is 4.82. The van der Waals surface area contributed by atoms with Crippen molar-refractivity contribution >= 4 is 23.9 Å². The third-order valence-electron chi connectivity index (χ3n) is 9.86. The normalized spacial score (nSPS) is 15.7. The third-order valence-corrected chi connectivity index (χ3v) is 9.86. The zero-order valence-electron chi connectivity index (χ0n) is 34.1. The molecule has 1 aromatic carbocycles. The van der Waals surface area contributed by atoms with Crippen LogP contribution in [0.2, 0.25) is 0 Å². The topological polar surface area (TPSA) is 156 Å². The molecule has 5 unspecified atom stereocenters. The van der Waals surface area contributed by atoms with Gasteiger partial charge in [-0.25, -0.2) is 14.6 Å². The smallest absolute Gasteiger partial charge is 0.407 e. The third kappa shape index (κ3) is 14.2. The number of carbonyl (C=O) groups excluding carboxylic acids is 4. The van der Waals surface area contributed by atoms with Crippen molar-refractivity contribution in [3.05, 3.63) is 65.5 Å². The van der Waals surface area contributed by atoms with Crippen molar-refractivity contribution in [1.82, 2.24) is 35.9 Å². The van der Waals surface area contributed by atoms with Crippen molar-refractivity contribution in [2.45, 2.75) is 118 Å². The summed E-state index contributed by atoms with van der Waals surface area (Å²) in [5, 5.41) is 19.2. The maximum atomic E-state index is 14.4. The number of nitrogens with zero attached hydrogens (tertiary/aromatic N) is 4. The number of urea groups is 1. The molecule has 1 fully saturated rings. The van der Waals surface area contributed by atoms with Crippen LogP contribution in [0.3, 0.4) is 0 Å². The van der Waals surface area contributed by atoms with E-state index in [1.54, 1.807) is 9.80 Å². The first-order valence-corrected chi connectivity index (χ1v) is 19.5. The minimum Gasteiger partial charge on any atom is -0.453 e. The lowest BCUT2D eigenvalue weighted by molar-refractivity contribution is -0.132. The molecule has 0 aliphatic carbocycles. The Morgan fingerprint density at radius 1 is 1.00 bits per heavy atom. The summed E-state index contributed by atoms with van der Waals surface area (Å²) in [4.78, 5) is 62.0. The van der Waals surface area contributed by atoms with E-state index in [9.17, 15) is 24.3 Å². The van der Waals surface area contributed by atoms with Crippen LogP contribution in [0.1, 0.15) is 90.6 Å². The highest BCUT2D eigenvalue weighted by molar-refractivity contribution is 5.88. The number of amides is 5. The van der Waals surface area contributed by atoms with Gasteiger partial charge in [0.15, 0.2) is 0 Å². The molecule has 4 N–H and O–H groups in total. The van der Waals surface area contributed by atoms with Gasteiger partial charge in [0.05, 0.1) is 38.0 Å². The Kier molecular flexibility index (Phi) is 17.9. The number of rotatable bonds is 19. The molecule has 0 radical (unpaired) electrons. The Hall–Kier alpha value is -4.67. The van der Waals surface area contributed by atoms with Gasteiger partial charge in [-0.15, -0.1) is 5.92 Å². The summed E-state index contributed by atoms with van der Waals surface area (Å²) in [5.74, 6) is 5.24. The molecule has 1 saturated heterocycles. The van der Waals surface area contributed by atoms with Gasteiger partial charge in [-0.1, -0.05) is 103 Å². The lowest BCUT2D eigenvalue weighted by Gasteiger charge is -2.35. The van der Waals surface area contributed by atoms with E-state index in [4.69, 9.17) is 4.74 Å². The average molecular weight is 762 g/mol. The monoisotopic (exact) mass is 761 g/mol. The average Bonchev–Trinajstić information content (AvgIpc) is 3.49. The van der Waals surface area contributed by atoms with Crippen LogP contribution in [0.5, 0.6) is 0 Å². The molecule has 13 heteroatoms. The van der Waals surface area contributed by atoms with Crippen LogP contribution in [0.15, 0.2) is 48.5 Å². The summed E-state index contributed by atoms with van der Waals surface area (Å²) >= 11 is 0. The van der Waals surface area contributed by atoms with Gasteiger partial charge in [-0.3, -0.25) is 20.0 Å². The maximum Gasteiger partial charge on any atom is 0.407 e. The minimum atomic E-state index is -1.18. The second kappa shape index (κ2) is 22.0. The van der Waals surface area contributed by atoms with Crippen molar-refractivity contribution in [3.8, 4) is 11.8 Å². The zero-order chi connectivity index (χ0) is 40.5. The van der Waals surface area contributed by atoms with Crippen LogP contribution < -0.4 is 16.1 Å². The van der Waals surface area contributed by atoms with Crippen LogP contribution in [0.25, 0.3) is 0 Å². The molecule has 13 nitrogen and oxygen atoms in total. The van der Waals surface area contributed by atoms with Gasteiger partial charge in [-0.2, -0.15) is 0 Å². The number of aryl methyl sites for hydroxylation is 1. The first-order chi connectivity index (χ1) is 26.2. The highest BCUT2D eigenvalue weighted by Gasteiger charge is 2.41. The molecule has 0 bridgehead atoms. The largest absolute Gasteiger partial charge is 0.453 e. The van der Waals surface area contributed by atoms with Crippen molar-refractivity contribution in [2.75, 3.05) is 33.3 Å². The number of benzene rings is 1. The molecule has 2 heterocycles. The molecule has 5 amide bonds. The van der Waals surface area contributed by atoms with Gasteiger partial charge in [0.25, 0.3) is 5.91 Å². The number of hydrogen-bond acceptors (Lipinski definition) is 8. The number of ether oxygens (including phenoxy) is 1. The lowest BCUT2D eigenvalue weighted by atomic mass is 9.86. The Balaban J connectivity index is 1.88. The summed E-state index contributed by atoms with van der Waals surface area (Å²) < 4.78 is 4.78. The van der Waals surface area contributed by atoms with Crippen molar-refractivity contribution < 1.29 is 29.0 Å². The Labute approximate surface area is 327 Å². The van der Waals surface area contributed by atoms with E-state index in [2.05, 4.69) is 39.8 Å². The Morgan fingerprint density at radius 2 is 1.73 bits per heavy atom.